The number of carbonyl (C=O) groups is 1. The Morgan fingerprint density at radius 3 is 2.46 bits per heavy atom. The molecule has 1 rings (SSSR count). The van der Waals surface area contributed by atoms with Gasteiger partial charge in [-0.3, -0.25) is 0 Å². The highest BCUT2D eigenvalue weighted by Gasteiger charge is 2.09. The molecule has 0 saturated carbocycles. The third kappa shape index (κ3) is 2.36. The van der Waals surface area contributed by atoms with Crippen LogP contribution in [0.4, 0.5) is 0 Å². The minimum atomic E-state index is -2.08. The standard InChI is InChI=1S/C7H5BrO4S/c8-6-3-4(13(11)12)1-2-5(6)7(9)10/h1-3H,(H,9,10)(H,11,12). The first kappa shape index (κ1) is 10.4. The first-order chi connectivity index (χ1) is 6.02. The Morgan fingerprint density at radius 1 is 1.46 bits per heavy atom. The van der Waals surface area contributed by atoms with Crippen LogP contribution in [0.3, 0.4) is 0 Å². The van der Waals surface area contributed by atoms with Crippen molar-refractivity contribution in [1.29, 1.82) is 0 Å². The maximum atomic E-state index is 10.6. The van der Waals surface area contributed by atoms with Crippen LogP contribution in [-0.2, 0) is 11.1 Å². The van der Waals surface area contributed by atoms with Crippen molar-refractivity contribution in [3.8, 4) is 0 Å². The summed E-state index contributed by atoms with van der Waals surface area (Å²) in [6.45, 7) is 0. The van der Waals surface area contributed by atoms with E-state index in [4.69, 9.17) is 9.66 Å². The number of carboxylic acid groups (broad SMARTS) is 1. The Balaban J connectivity index is 3.20. The van der Waals surface area contributed by atoms with E-state index in [2.05, 4.69) is 15.9 Å². The van der Waals surface area contributed by atoms with E-state index in [-0.39, 0.29) is 10.5 Å². The van der Waals surface area contributed by atoms with Gasteiger partial charge in [-0.2, -0.15) is 0 Å². The van der Waals surface area contributed by atoms with Crippen LogP contribution in [-0.4, -0.2) is 19.8 Å². The van der Waals surface area contributed by atoms with E-state index in [9.17, 15) is 9.00 Å². The van der Waals surface area contributed by atoms with Crippen LogP contribution < -0.4 is 0 Å². The predicted molar refractivity (Wildman–Crippen MR) is 50.1 cm³/mol. The van der Waals surface area contributed by atoms with E-state index in [0.29, 0.717) is 4.47 Å². The Hall–Kier alpha value is -0.720. The third-order valence-corrected chi connectivity index (χ3v) is 2.69. The van der Waals surface area contributed by atoms with E-state index in [0.717, 1.165) is 0 Å². The fourth-order valence-electron chi connectivity index (χ4n) is 0.778. The average Bonchev–Trinajstić information content (AvgIpc) is 2.03. The van der Waals surface area contributed by atoms with E-state index < -0.39 is 17.0 Å². The maximum absolute atomic E-state index is 10.6. The molecule has 1 unspecified atom stereocenters. The van der Waals surface area contributed by atoms with Gasteiger partial charge in [-0.05, 0) is 34.1 Å². The zero-order valence-corrected chi connectivity index (χ0v) is 8.63. The van der Waals surface area contributed by atoms with Crippen LogP contribution in [0, 0.1) is 0 Å². The third-order valence-electron chi connectivity index (χ3n) is 1.37. The average molecular weight is 265 g/mol. The summed E-state index contributed by atoms with van der Waals surface area (Å²) in [4.78, 5) is 10.7. The van der Waals surface area contributed by atoms with E-state index >= 15 is 0 Å². The first-order valence-electron chi connectivity index (χ1n) is 3.16. The molecule has 2 N–H and O–H groups in total. The molecule has 0 spiro atoms. The molecular weight excluding hydrogens is 260 g/mol. The number of rotatable bonds is 2. The molecule has 0 amide bonds. The fourth-order valence-corrected chi connectivity index (χ4v) is 1.88. The van der Waals surface area contributed by atoms with Crippen LogP contribution >= 0.6 is 15.9 Å². The molecule has 0 heterocycles. The molecular formula is C7H5BrO4S. The molecule has 0 bridgehead atoms. The molecule has 0 radical (unpaired) electrons. The van der Waals surface area contributed by atoms with Crippen molar-refractivity contribution in [2.45, 2.75) is 4.90 Å². The number of hydrogen-bond acceptors (Lipinski definition) is 2. The van der Waals surface area contributed by atoms with Gasteiger partial charge in [0, 0.05) is 4.47 Å². The van der Waals surface area contributed by atoms with Gasteiger partial charge < -0.3 is 9.66 Å². The summed E-state index contributed by atoms with van der Waals surface area (Å²) < 4.78 is 19.6. The van der Waals surface area contributed by atoms with Gasteiger partial charge in [0.2, 0.25) is 0 Å². The number of hydrogen-bond donors (Lipinski definition) is 2. The monoisotopic (exact) mass is 264 g/mol. The summed E-state index contributed by atoms with van der Waals surface area (Å²) in [5.74, 6) is -1.08. The molecule has 0 fully saturated rings. The van der Waals surface area contributed by atoms with Crippen molar-refractivity contribution in [3.05, 3.63) is 28.2 Å². The Morgan fingerprint density at radius 2 is 2.08 bits per heavy atom. The van der Waals surface area contributed by atoms with Gasteiger partial charge >= 0.3 is 5.97 Å². The largest absolute Gasteiger partial charge is 0.478 e. The maximum Gasteiger partial charge on any atom is 0.336 e. The number of carboxylic acids is 1. The summed E-state index contributed by atoms with van der Waals surface area (Å²) in [5.41, 5.74) is 0.0641. The van der Waals surface area contributed by atoms with E-state index in [1.165, 1.54) is 18.2 Å². The van der Waals surface area contributed by atoms with Gasteiger partial charge in [0.1, 0.15) is 0 Å². The lowest BCUT2D eigenvalue weighted by Crippen LogP contribution is -1.98. The van der Waals surface area contributed by atoms with Gasteiger partial charge in [-0.1, -0.05) is 0 Å². The fraction of sp³-hybridized carbons (Fsp3) is 0. The van der Waals surface area contributed by atoms with Crippen LogP contribution in [0.15, 0.2) is 27.6 Å². The molecule has 0 saturated heterocycles. The van der Waals surface area contributed by atoms with Crippen molar-refractivity contribution < 1.29 is 18.7 Å². The lowest BCUT2D eigenvalue weighted by molar-refractivity contribution is 0.0696. The molecule has 0 aliphatic rings. The number of aromatic carboxylic acids is 1. The summed E-state index contributed by atoms with van der Waals surface area (Å²) in [7, 11) is 0. The lowest BCUT2D eigenvalue weighted by Gasteiger charge is -2.00. The van der Waals surface area contributed by atoms with Gasteiger partial charge in [0.15, 0.2) is 11.1 Å². The van der Waals surface area contributed by atoms with Crippen molar-refractivity contribution in [1.82, 2.24) is 0 Å². The molecule has 70 valence electrons. The highest BCUT2D eigenvalue weighted by Crippen LogP contribution is 2.19. The van der Waals surface area contributed by atoms with Crippen LogP contribution in [0.25, 0.3) is 0 Å². The Labute approximate surface area is 85.0 Å². The number of benzene rings is 1. The van der Waals surface area contributed by atoms with Crippen LogP contribution in [0.1, 0.15) is 10.4 Å². The molecule has 13 heavy (non-hydrogen) atoms. The van der Waals surface area contributed by atoms with Crippen LogP contribution in [0.2, 0.25) is 0 Å². The zero-order chi connectivity index (χ0) is 10.0. The quantitative estimate of drug-likeness (QED) is 0.798. The molecule has 6 heteroatoms. The van der Waals surface area contributed by atoms with Crippen molar-refractivity contribution >= 4 is 33.0 Å². The normalized spacial score (nSPS) is 12.5. The smallest absolute Gasteiger partial charge is 0.336 e. The van der Waals surface area contributed by atoms with Gasteiger partial charge in [0.05, 0.1) is 10.5 Å². The van der Waals surface area contributed by atoms with Crippen LogP contribution in [0.5, 0.6) is 0 Å². The van der Waals surface area contributed by atoms with Crippen molar-refractivity contribution in [3.63, 3.8) is 0 Å². The van der Waals surface area contributed by atoms with E-state index in [1.807, 2.05) is 0 Å². The molecule has 0 aromatic heterocycles. The minimum Gasteiger partial charge on any atom is -0.478 e. The molecule has 0 aliphatic heterocycles. The Bertz CT molecular complexity index is 377. The first-order valence-corrected chi connectivity index (χ1v) is 5.06. The summed E-state index contributed by atoms with van der Waals surface area (Å²) in [5, 5.41) is 8.63. The lowest BCUT2D eigenvalue weighted by atomic mass is 10.2. The summed E-state index contributed by atoms with van der Waals surface area (Å²) in [6.07, 6.45) is 0. The number of halogens is 1. The van der Waals surface area contributed by atoms with Gasteiger partial charge in [-0.25, -0.2) is 9.00 Å². The minimum absolute atomic E-state index is 0.0641. The molecule has 1 atom stereocenters. The van der Waals surface area contributed by atoms with E-state index in [1.54, 1.807) is 0 Å². The van der Waals surface area contributed by atoms with Crippen molar-refractivity contribution in [2.75, 3.05) is 0 Å². The zero-order valence-electron chi connectivity index (χ0n) is 6.23. The highest BCUT2D eigenvalue weighted by atomic mass is 79.9. The Kier molecular flexibility index (Phi) is 3.18. The van der Waals surface area contributed by atoms with Crippen molar-refractivity contribution in [2.24, 2.45) is 0 Å². The summed E-state index contributed by atoms with van der Waals surface area (Å²) in [6, 6.07) is 3.87. The molecule has 1 aromatic rings. The molecule has 1 aromatic carbocycles. The second-order valence-electron chi connectivity index (χ2n) is 2.20. The second kappa shape index (κ2) is 3.99. The predicted octanol–water partition coefficient (Wildman–Crippen LogP) is 1.73. The molecule has 4 nitrogen and oxygen atoms in total. The topological polar surface area (TPSA) is 74.6 Å². The SMILES string of the molecule is O=C(O)c1ccc(S(=O)O)cc1Br. The highest BCUT2D eigenvalue weighted by molar-refractivity contribution is 9.10. The second-order valence-corrected chi connectivity index (χ2v) is 4.02. The van der Waals surface area contributed by atoms with Gasteiger partial charge in [-0.15, -0.1) is 0 Å². The van der Waals surface area contributed by atoms with Gasteiger partial charge in [0.25, 0.3) is 0 Å². The summed E-state index contributed by atoms with van der Waals surface area (Å²) >= 11 is 0.906. The molecule has 0 aliphatic carbocycles.